The van der Waals surface area contributed by atoms with Gasteiger partial charge >= 0.3 is 39.5 Å². The number of rotatable bonds is 77. The maximum absolute atomic E-state index is 13.1. The van der Waals surface area contributed by atoms with Crippen molar-refractivity contribution < 1.29 is 80.2 Å². The largest absolute Gasteiger partial charge is 0.472 e. The Balaban J connectivity index is 5.18. The average Bonchev–Trinajstić information content (AvgIpc) is 1.38. The smallest absolute Gasteiger partial charge is 0.462 e. The Morgan fingerprint density at radius 3 is 0.701 bits per heavy atom. The molecule has 97 heavy (non-hydrogen) atoms. The molecule has 3 N–H and O–H groups in total. The zero-order valence-electron chi connectivity index (χ0n) is 63.4. The number of esters is 4. The lowest BCUT2D eigenvalue weighted by molar-refractivity contribution is -0.161. The number of ether oxygens (including phenoxy) is 4. The van der Waals surface area contributed by atoms with Crippen molar-refractivity contribution in [2.45, 2.75) is 426 Å². The quantitative estimate of drug-likeness (QED) is 0.0222. The molecule has 0 fully saturated rings. The Bertz CT molecular complexity index is 1870. The van der Waals surface area contributed by atoms with Crippen LogP contribution in [-0.4, -0.2) is 96.7 Å². The lowest BCUT2D eigenvalue weighted by Crippen LogP contribution is -2.30. The molecule has 0 aliphatic rings. The van der Waals surface area contributed by atoms with Gasteiger partial charge in [0, 0.05) is 25.7 Å². The van der Waals surface area contributed by atoms with Crippen molar-refractivity contribution in [1.29, 1.82) is 0 Å². The van der Waals surface area contributed by atoms with E-state index >= 15 is 0 Å². The number of aliphatic hydroxyl groups is 1. The molecule has 0 saturated carbocycles. The van der Waals surface area contributed by atoms with Gasteiger partial charge < -0.3 is 33.8 Å². The van der Waals surface area contributed by atoms with Gasteiger partial charge in [0.1, 0.15) is 19.3 Å². The molecule has 0 radical (unpaired) electrons. The molecule has 0 rings (SSSR count). The molecular formula is C78H152O17P2. The monoisotopic (exact) mass is 1420 g/mol. The number of phosphoric acid groups is 2. The summed E-state index contributed by atoms with van der Waals surface area (Å²) in [4.78, 5) is 72.7. The summed E-state index contributed by atoms with van der Waals surface area (Å²) < 4.78 is 68.5. The van der Waals surface area contributed by atoms with E-state index in [0.29, 0.717) is 25.7 Å². The SMILES string of the molecule is CCCCCCCCCCCCCCCC(=O)O[C@H](COC(=O)CCCCCCCCC)COP(=O)(O)OC[C@H](O)COP(=O)(O)OC[C@@H](COC(=O)CCCCCCCCCCCCCCCCCC(C)C)OC(=O)CCCCCCCCCCCCCCCCCCC(C)C. The highest BCUT2D eigenvalue weighted by Gasteiger charge is 2.30. The van der Waals surface area contributed by atoms with Crippen LogP contribution in [0, 0.1) is 11.8 Å². The van der Waals surface area contributed by atoms with Crippen LogP contribution < -0.4 is 0 Å². The first-order chi connectivity index (χ1) is 46.9. The molecule has 0 saturated heterocycles. The third kappa shape index (κ3) is 72.2. The molecule has 0 spiro atoms. The van der Waals surface area contributed by atoms with Crippen LogP contribution in [-0.2, 0) is 65.4 Å². The third-order valence-corrected chi connectivity index (χ3v) is 20.1. The summed E-state index contributed by atoms with van der Waals surface area (Å²) in [6.45, 7) is 9.63. The number of carbonyl (C=O) groups is 4. The first-order valence-electron chi connectivity index (χ1n) is 40.5. The van der Waals surface area contributed by atoms with E-state index in [1.807, 2.05) is 0 Å². The highest BCUT2D eigenvalue weighted by Crippen LogP contribution is 2.45. The second-order valence-corrected chi connectivity index (χ2v) is 32.0. The Morgan fingerprint density at radius 2 is 0.474 bits per heavy atom. The van der Waals surface area contributed by atoms with Gasteiger partial charge in [0.05, 0.1) is 26.4 Å². The summed E-state index contributed by atoms with van der Waals surface area (Å²) in [6.07, 6.45) is 58.4. The van der Waals surface area contributed by atoms with E-state index < -0.39 is 97.5 Å². The summed E-state index contributed by atoms with van der Waals surface area (Å²) in [5, 5.41) is 10.6. The van der Waals surface area contributed by atoms with Crippen molar-refractivity contribution in [1.82, 2.24) is 0 Å². The van der Waals surface area contributed by atoms with Gasteiger partial charge in [-0.05, 0) is 37.5 Å². The van der Waals surface area contributed by atoms with E-state index in [2.05, 4.69) is 41.5 Å². The van der Waals surface area contributed by atoms with Gasteiger partial charge in [-0.25, -0.2) is 9.13 Å². The number of unbranched alkanes of at least 4 members (excludes halogenated alkanes) is 47. The Hall–Kier alpha value is -1.94. The predicted molar refractivity (Wildman–Crippen MR) is 395 cm³/mol. The normalized spacial score (nSPS) is 14.0. The minimum absolute atomic E-state index is 0.107. The molecule has 5 atom stereocenters. The van der Waals surface area contributed by atoms with Crippen LogP contribution in [0.25, 0.3) is 0 Å². The van der Waals surface area contributed by atoms with E-state index in [-0.39, 0.29) is 25.7 Å². The van der Waals surface area contributed by atoms with Crippen LogP contribution >= 0.6 is 15.6 Å². The van der Waals surface area contributed by atoms with Crippen LogP contribution in [0.15, 0.2) is 0 Å². The van der Waals surface area contributed by atoms with Crippen molar-refractivity contribution in [2.24, 2.45) is 11.8 Å². The summed E-state index contributed by atoms with van der Waals surface area (Å²) in [5.41, 5.74) is 0. The highest BCUT2D eigenvalue weighted by atomic mass is 31.2. The zero-order valence-corrected chi connectivity index (χ0v) is 65.2. The summed E-state index contributed by atoms with van der Waals surface area (Å²) in [7, 11) is -9.91. The van der Waals surface area contributed by atoms with Crippen LogP contribution in [0.1, 0.15) is 408 Å². The fraction of sp³-hybridized carbons (Fsp3) is 0.949. The van der Waals surface area contributed by atoms with Gasteiger partial charge in [-0.15, -0.1) is 0 Å². The molecule has 2 unspecified atom stereocenters. The summed E-state index contributed by atoms with van der Waals surface area (Å²) >= 11 is 0. The average molecular weight is 1420 g/mol. The third-order valence-electron chi connectivity index (χ3n) is 18.2. The van der Waals surface area contributed by atoms with E-state index in [1.54, 1.807) is 0 Å². The van der Waals surface area contributed by atoms with E-state index in [0.717, 1.165) is 115 Å². The minimum atomic E-state index is -4.96. The van der Waals surface area contributed by atoms with Gasteiger partial charge in [-0.1, -0.05) is 356 Å². The number of carbonyl (C=O) groups excluding carboxylic acids is 4. The number of phosphoric ester groups is 2. The number of hydrogen-bond donors (Lipinski definition) is 3. The van der Waals surface area contributed by atoms with Crippen molar-refractivity contribution in [3.8, 4) is 0 Å². The second kappa shape index (κ2) is 69.8. The molecule has 19 heteroatoms. The molecule has 0 aromatic carbocycles. The molecule has 0 amide bonds. The van der Waals surface area contributed by atoms with Gasteiger partial charge in [-0.3, -0.25) is 37.3 Å². The lowest BCUT2D eigenvalue weighted by Gasteiger charge is -2.21. The topological polar surface area (TPSA) is 237 Å². The van der Waals surface area contributed by atoms with Crippen LogP contribution in [0.4, 0.5) is 0 Å². The van der Waals surface area contributed by atoms with Gasteiger partial charge in [0.15, 0.2) is 12.2 Å². The molecular weight excluding hydrogens is 1270 g/mol. The minimum Gasteiger partial charge on any atom is -0.462 e. The van der Waals surface area contributed by atoms with Crippen LogP contribution in [0.2, 0.25) is 0 Å². The molecule has 0 aromatic heterocycles. The van der Waals surface area contributed by atoms with E-state index in [4.69, 9.17) is 37.0 Å². The molecule has 0 aromatic rings. The highest BCUT2D eigenvalue weighted by molar-refractivity contribution is 7.47. The predicted octanol–water partition coefficient (Wildman–Crippen LogP) is 23.1. The Labute approximate surface area is 594 Å². The zero-order chi connectivity index (χ0) is 71.4. The summed E-state index contributed by atoms with van der Waals surface area (Å²) in [6, 6.07) is 0. The standard InChI is InChI=1S/C78H152O17P2/c1-7-9-11-13-15-16-17-25-33-38-44-50-56-62-77(82)94-73(66-88-75(80)60-54-48-40-14-12-10-8-2)68-92-96(84,85)90-64-72(79)65-91-97(86,87)93-69-74(67-89-76(81)61-55-49-43-37-32-28-24-20-22-27-31-36-42-47-53-59-71(5)6)95-78(83)63-57-51-45-39-34-29-23-19-18-21-26-30-35-41-46-52-58-70(3)4/h70-74,79H,7-69H2,1-6H3,(H,84,85)(H,86,87)/t72-,73+,74+/m0/s1. The molecule has 0 aliphatic heterocycles. The van der Waals surface area contributed by atoms with Crippen molar-refractivity contribution in [3.05, 3.63) is 0 Å². The molecule has 576 valence electrons. The second-order valence-electron chi connectivity index (χ2n) is 29.1. The number of aliphatic hydroxyl groups excluding tert-OH is 1. The van der Waals surface area contributed by atoms with Crippen LogP contribution in [0.3, 0.4) is 0 Å². The molecule has 0 aliphatic carbocycles. The molecule has 0 heterocycles. The fourth-order valence-electron chi connectivity index (χ4n) is 12.0. The Kier molecular flexibility index (Phi) is 68.4. The molecule has 17 nitrogen and oxygen atoms in total. The van der Waals surface area contributed by atoms with Crippen molar-refractivity contribution in [2.75, 3.05) is 39.6 Å². The van der Waals surface area contributed by atoms with Gasteiger partial charge in [0.25, 0.3) is 0 Å². The van der Waals surface area contributed by atoms with E-state index in [1.165, 1.54) is 212 Å². The lowest BCUT2D eigenvalue weighted by atomic mass is 10.0. The first kappa shape index (κ1) is 95.1. The molecule has 0 bridgehead atoms. The van der Waals surface area contributed by atoms with Gasteiger partial charge in [0.2, 0.25) is 0 Å². The number of hydrogen-bond acceptors (Lipinski definition) is 15. The van der Waals surface area contributed by atoms with Crippen LogP contribution in [0.5, 0.6) is 0 Å². The maximum atomic E-state index is 13.1. The fourth-order valence-corrected chi connectivity index (χ4v) is 13.6. The van der Waals surface area contributed by atoms with Crippen molar-refractivity contribution in [3.63, 3.8) is 0 Å². The van der Waals surface area contributed by atoms with Gasteiger partial charge in [-0.2, -0.15) is 0 Å². The van der Waals surface area contributed by atoms with E-state index in [9.17, 15) is 43.2 Å². The van der Waals surface area contributed by atoms with Crippen molar-refractivity contribution >= 4 is 39.5 Å². The summed E-state index contributed by atoms with van der Waals surface area (Å²) in [5.74, 6) is -0.500. The maximum Gasteiger partial charge on any atom is 0.472 e. The Morgan fingerprint density at radius 1 is 0.278 bits per heavy atom. The first-order valence-corrected chi connectivity index (χ1v) is 43.5.